The quantitative estimate of drug-likeness (QED) is 0.682. The Hall–Kier alpha value is -1.64. The van der Waals surface area contributed by atoms with Gasteiger partial charge in [-0.2, -0.15) is 0 Å². The highest BCUT2D eigenvalue weighted by Gasteiger charge is 2.22. The Kier molecular flexibility index (Phi) is 5.70. The van der Waals surface area contributed by atoms with Crippen LogP contribution in [0.5, 0.6) is 5.75 Å². The minimum Gasteiger partial charge on any atom is -0.495 e. The van der Waals surface area contributed by atoms with Crippen LogP contribution in [0.25, 0.3) is 0 Å². The van der Waals surface area contributed by atoms with Crippen LogP contribution >= 0.6 is 0 Å². The average molecular weight is 317 g/mol. The van der Waals surface area contributed by atoms with Crippen molar-refractivity contribution < 1.29 is 28.2 Å². The third-order valence-electron chi connectivity index (χ3n) is 2.95. The smallest absolute Gasteiger partial charge is 0.335 e. The Balaban J connectivity index is 3.05. The normalized spacial score (nSPS) is 13.2. The van der Waals surface area contributed by atoms with Gasteiger partial charge in [-0.25, -0.2) is 17.9 Å². The molecule has 0 spiro atoms. The first-order chi connectivity index (χ1) is 9.69. The van der Waals surface area contributed by atoms with Crippen molar-refractivity contribution in [2.75, 3.05) is 13.7 Å². The molecule has 0 aliphatic heterocycles. The number of ether oxygens (including phenoxy) is 1. The summed E-state index contributed by atoms with van der Waals surface area (Å²) in [5.41, 5.74) is -0.0759. The lowest BCUT2D eigenvalue weighted by molar-refractivity contribution is 0.0696. The maximum Gasteiger partial charge on any atom is 0.335 e. The minimum absolute atomic E-state index is 0.0681. The van der Waals surface area contributed by atoms with Crippen LogP contribution in [0.2, 0.25) is 0 Å². The summed E-state index contributed by atoms with van der Waals surface area (Å²) in [5.74, 6) is -1.34. The van der Waals surface area contributed by atoms with E-state index in [4.69, 9.17) is 9.84 Å². The van der Waals surface area contributed by atoms with E-state index in [-0.39, 0.29) is 28.7 Å². The zero-order valence-electron chi connectivity index (χ0n) is 12.0. The molecule has 0 saturated carbocycles. The highest BCUT2D eigenvalue weighted by Crippen LogP contribution is 2.25. The summed E-state index contributed by atoms with van der Waals surface area (Å²) in [6, 6.07) is 3.47. The summed E-state index contributed by atoms with van der Waals surface area (Å²) in [6.07, 6.45) is -0.816. The molecule has 0 radical (unpaired) electrons. The number of nitrogens with one attached hydrogen (secondary N) is 1. The summed E-state index contributed by atoms with van der Waals surface area (Å²) >= 11 is 0. The zero-order chi connectivity index (χ0) is 16.2. The molecule has 0 bridgehead atoms. The Morgan fingerprint density at radius 1 is 1.38 bits per heavy atom. The molecule has 8 heteroatoms. The highest BCUT2D eigenvalue weighted by atomic mass is 32.2. The second kappa shape index (κ2) is 6.88. The molecule has 0 aromatic heterocycles. The van der Waals surface area contributed by atoms with Gasteiger partial charge in [-0.1, -0.05) is 13.8 Å². The van der Waals surface area contributed by atoms with Crippen molar-refractivity contribution in [2.45, 2.75) is 24.8 Å². The van der Waals surface area contributed by atoms with E-state index in [0.717, 1.165) is 12.1 Å². The molecule has 7 nitrogen and oxygen atoms in total. The fourth-order valence-corrected chi connectivity index (χ4v) is 2.73. The number of methoxy groups -OCH3 is 1. The number of carboxylic acid groups (broad SMARTS) is 1. The number of hydrogen-bond donors (Lipinski definition) is 3. The third kappa shape index (κ3) is 4.42. The largest absolute Gasteiger partial charge is 0.495 e. The fraction of sp³-hybridized carbons (Fsp3) is 0.462. The third-order valence-corrected chi connectivity index (χ3v) is 4.42. The number of benzene rings is 1. The lowest BCUT2D eigenvalue weighted by atomic mass is 10.1. The Morgan fingerprint density at radius 3 is 2.48 bits per heavy atom. The molecule has 3 N–H and O–H groups in total. The number of carboxylic acids is 1. The molecule has 1 atom stereocenters. The number of hydrogen-bond acceptors (Lipinski definition) is 5. The van der Waals surface area contributed by atoms with Crippen LogP contribution in [0.4, 0.5) is 0 Å². The van der Waals surface area contributed by atoms with Crippen molar-refractivity contribution in [2.24, 2.45) is 5.92 Å². The molecular formula is C13H19NO6S. The first-order valence-corrected chi connectivity index (χ1v) is 7.76. The first-order valence-electron chi connectivity index (χ1n) is 6.28. The van der Waals surface area contributed by atoms with Gasteiger partial charge in [0.15, 0.2) is 0 Å². The van der Waals surface area contributed by atoms with Crippen molar-refractivity contribution in [3.8, 4) is 5.75 Å². The fourth-order valence-electron chi connectivity index (χ4n) is 1.53. The lowest BCUT2D eigenvalue weighted by Crippen LogP contribution is -2.34. The second-order valence-corrected chi connectivity index (χ2v) is 6.57. The van der Waals surface area contributed by atoms with E-state index in [0.29, 0.717) is 0 Å². The van der Waals surface area contributed by atoms with Crippen molar-refractivity contribution in [1.82, 2.24) is 4.72 Å². The molecule has 118 valence electrons. The Bertz CT molecular complexity index is 611. The molecule has 0 fully saturated rings. The van der Waals surface area contributed by atoms with Crippen molar-refractivity contribution in [1.29, 1.82) is 0 Å². The molecule has 1 unspecified atom stereocenters. The zero-order valence-corrected chi connectivity index (χ0v) is 12.8. The van der Waals surface area contributed by atoms with Crippen LogP contribution in [0.3, 0.4) is 0 Å². The second-order valence-electron chi connectivity index (χ2n) is 4.83. The van der Waals surface area contributed by atoms with Gasteiger partial charge >= 0.3 is 5.97 Å². The predicted octanol–water partition coefficient (Wildman–Crippen LogP) is 0.689. The molecule has 1 aromatic rings. The molecule has 1 rings (SSSR count). The summed E-state index contributed by atoms with van der Waals surface area (Å²) in [6.45, 7) is 3.40. The van der Waals surface area contributed by atoms with Crippen molar-refractivity contribution in [3.63, 3.8) is 0 Å². The van der Waals surface area contributed by atoms with Gasteiger partial charge in [0.2, 0.25) is 10.0 Å². The molecular weight excluding hydrogens is 298 g/mol. The topological polar surface area (TPSA) is 113 Å². The maximum atomic E-state index is 12.2. The van der Waals surface area contributed by atoms with Gasteiger partial charge in [-0.3, -0.25) is 0 Å². The van der Waals surface area contributed by atoms with E-state index in [1.165, 1.54) is 13.2 Å². The number of aliphatic hydroxyl groups is 1. The van der Waals surface area contributed by atoms with E-state index >= 15 is 0 Å². The van der Waals surface area contributed by atoms with Crippen LogP contribution in [0, 0.1) is 5.92 Å². The van der Waals surface area contributed by atoms with Gasteiger partial charge < -0.3 is 14.9 Å². The van der Waals surface area contributed by atoms with Gasteiger partial charge in [-0.15, -0.1) is 0 Å². The van der Waals surface area contributed by atoms with Gasteiger partial charge in [0, 0.05) is 6.54 Å². The average Bonchev–Trinajstić information content (AvgIpc) is 2.43. The van der Waals surface area contributed by atoms with E-state index in [2.05, 4.69) is 4.72 Å². The lowest BCUT2D eigenvalue weighted by Gasteiger charge is -2.16. The van der Waals surface area contributed by atoms with Crippen LogP contribution in [-0.2, 0) is 10.0 Å². The Labute approximate surface area is 123 Å². The molecule has 0 heterocycles. The summed E-state index contributed by atoms with van der Waals surface area (Å²) < 4.78 is 31.5. The molecule has 0 saturated heterocycles. The highest BCUT2D eigenvalue weighted by molar-refractivity contribution is 7.89. The number of aromatic carboxylic acids is 1. The van der Waals surface area contributed by atoms with Crippen LogP contribution in [-0.4, -0.2) is 44.4 Å². The molecule has 0 aliphatic rings. The first kappa shape index (κ1) is 17.4. The summed E-state index contributed by atoms with van der Waals surface area (Å²) in [4.78, 5) is 10.7. The van der Waals surface area contributed by atoms with Gasteiger partial charge in [-0.05, 0) is 24.1 Å². The molecule has 0 amide bonds. The number of aliphatic hydroxyl groups excluding tert-OH is 1. The summed E-state index contributed by atoms with van der Waals surface area (Å²) in [7, 11) is -2.65. The minimum atomic E-state index is -3.90. The maximum absolute atomic E-state index is 12.2. The van der Waals surface area contributed by atoms with E-state index in [9.17, 15) is 18.3 Å². The van der Waals surface area contributed by atoms with Gasteiger partial charge in [0.25, 0.3) is 0 Å². The number of carbonyl (C=O) groups is 1. The van der Waals surface area contributed by atoms with Crippen LogP contribution < -0.4 is 9.46 Å². The van der Waals surface area contributed by atoms with Crippen LogP contribution in [0.15, 0.2) is 23.1 Å². The van der Waals surface area contributed by atoms with Gasteiger partial charge in [0.05, 0.1) is 18.8 Å². The molecule has 21 heavy (non-hydrogen) atoms. The standard InChI is InChI=1S/C13H19NO6S/c1-8(2)10(15)7-14-21(18,19)12-5-4-9(13(16)17)6-11(12)20-3/h4-6,8,10,14-15H,7H2,1-3H3,(H,16,17). The Morgan fingerprint density at radius 2 is 2.00 bits per heavy atom. The SMILES string of the molecule is COc1cc(C(=O)O)ccc1S(=O)(=O)NCC(O)C(C)C. The summed E-state index contributed by atoms with van der Waals surface area (Å²) in [5, 5.41) is 18.5. The number of rotatable bonds is 7. The molecule has 0 aliphatic carbocycles. The number of sulfonamides is 1. The molecule has 1 aromatic carbocycles. The van der Waals surface area contributed by atoms with E-state index < -0.39 is 22.1 Å². The predicted molar refractivity (Wildman–Crippen MR) is 76.0 cm³/mol. The van der Waals surface area contributed by atoms with Crippen molar-refractivity contribution in [3.05, 3.63) is 23.8 Å². The van der Waals surface area contributed by atoms with Crippen LogP contribution in [0.1, 0.15) is 24.2 Å². The van der Waals surface area contributed by atoms with Gasteiger partial charge in [0.1, 0.15) is 10.6 Å². The van der Waals surface area contributed by atoms with Crippen molar-refractivity contribution >= 4 is 16.0 Å². The van der Waals surface area contributed by atoms with E-state index in [1.54, 1.807) is 13.8 Å². The van der Waals surface area contributed by atoms with E-state index in [1.807, 2.05) is 0 Å². The monoisotopic (exact) mass is 317 g/mol.